The predicted octanol–water partition coefficient (Wildman–Crippen LogP) is 3.37. The van der Waals surface area contributed by atoms with Gasteiger partial charge in [0, 0.05) is 31.3 Å². The topological polar surface area (TPSA) is 94.1 Å². The molecule has 0 spiro atoms. The summed E-state index contributed by atoms with van der Waals surface area (Å²) in [5, 5.41) is 16.3. The van der Waals surface area contributed by atoms with Crippen molar-refractivity contribution in [3.8, 4) is 0 Å². The van der Waals surface area contributed by atoms with Crippen molar-refractivity contribution in [1.82, 2.24) is 20.1 Å². The standard InChI is InChI=1S/C16H25Cl2N4O4P/c1-13(14-5-3-2-4-6-14)19-16(23)22(24)15-7-12-26-27(25,20-15)21(10-8-17)11-9-18/h2-6,13,15,24H,7-12H2,1H3,(H,19,23)(H,20,25). The van der Waals surface area contributed by atoms with Gasteiger partial charge in [-0.25, -0.2) is 14.6 Å². The van der Waals surface area contributed by atoms with Gasteiger partial charge in [0.15, 0.2) is 0 Å². The van der Waals surface area contributed by atoms with Crippen LogP contribution in [0.2, 0.25) is 0 Å². The number of urea groups is 1. The molecule has 152 valence electrons. The van der Waals surface area contributed by atoms with Crippen molar-refractivity contribution in [3.05, 3.63) is 35.9 Å². The van der Waals surface area contributed by atoms with Gasteiger partial charge in [-0.05, 0) is 12.5 Å². The van der Waals surface area contributed by atoms with Crippen LogP contribution in [0.5, 0.6) is 0 Å². The third-order valence-electron chi connectivity index (χ3n) is 4.17. The molecule has 3 unspecified atom stereocenters. The molecule has 1 saturated heterocycles. The Morgan fingerprint density at radius 2 is 2.00 bits per heavy atom. The molecule has 27 heavy (non-hydrogen) atoms. The molecule has 1 aliphatic heterocycles. The quantitative estimate of drug-likeness (QED) is 0.249. The van der Waals surface area contributed by atoms with Crippen molar-refractivity contribution in [2.75, 3.05) is 31.5 Å². The lowest BCUT2D eigenvalue weighted by atomic mass is 10.1. The average molecular weight is 439 g/mol. The number of hydroxylamine groups is 2. The Morgan fingerprint density at radius 3 is 2.59 bits per heavy atom. The van der Waals surface area contributed by atoms with Crippen LogP contribution in [0.4, 0.5) is 4.79 Å². The van der Waals surface area contributed by atoms with Crippen LogP contribution in [0.25, 0.3) is 0 Å². The number of halogens is 2. The van der Waals surface area contributed by atoms with Gasteiger partial charge in [0.25, 0.3) is 0 Å². The van der Waals surface area contributed by atoms with Crippen molar-refractivity contribution in [2.45, 2.75) is 25.6 Å². The van der Waals surface area contributed by atoms with E-state index in [1.54, 1.807) is 0 Å². The third-order valence-corrected chi connectivity index (χ3v) is 6.81. The molecule has 1 aromatic carbocycles. The highest BCUT2D eigenvalue weighted by Gasteiger charge is 2.40. The number of hydrogen-bond donors (Lipinski definition) is 3. The molecule has 1 aromatic rings. The van der Waals surface area contributed by atoms with Crippen LogP contribution >= 0.6 is 30.9 Å². The average Bonchev–Trinajstić information content (AvgIpc) is 2.67. The van der Waals surface area contributed by atoms with Gasteiger partial charge in [-0.3, -0.25) is 9.77 Å². The first-order chi connectivity index (χ1) is 12.9. The molecule has 1 fully saturated rings. The van der Waals surface area contributed by atoms with E-state index in [0.29, 0.717) is 18.2 Å². The molecule has 0 radical (unpaired) electrons. The summed E-state index contributed by atoms with van der Waals surface area (Å²) in [5.74, 6) is 0.489. The van der Waals surface area contributed by atoms with Gasteiger partial charge >= 0.3 is 13.7 Å². The summed E-state index contributed by atoms with van der Waals surface area (Å²) in [4.78, 5) is 12.4. The molecule has 0 aliphatic carbocycles. The van der Waals surface area contributed by atoms with Crippen LogP contribution in [0.1, 0.15) is 24.9 Å². The molecule has 2 rings (SSSR count). The molecular weight excluding hydrogens is 414 g/mol. The van der Waals surface area contributed by atoms with Crippen LogP contribution in [0, 0.1) is 0 Å². The lowest BCUT2D eigenvalue weighted by Gasteiger charge is -2.39. The highest BCUT2D eigenvalue weighted by molar-refractivity contribution is 7.54. The smallest absolute Gasteiger partial charge is 0.330 e. The van der Waals surface area contributed by atoms with Gasteiger partial charge < -0.3 is 9.84 Å². The normalized spacial score (nSPS) is 23.8. The number of rotatable bonds is 8. The fourth-order valence-electron chi connectivity index (χ4n) is 2.71. The molecule has 11 heteroatoms. The zero-order chi connectivity index (χ0) is 19.9. The van der Waals surface area contributed by atoms with Crippen LogP contribution in [0.15, 0.2) is 30.3 Å². The number of alkyl halides is 2. The van der Waals surface area contributed by atoms with Crippen molar-refractivity contribution in [3.63, 3.8) is 0 Å². The minimum absolute atomic E-state index is 0.120. The zero-order valence-corrected chi connectivity index (χ0v) is 17.5. The van der Waals surface area contributed by atoms with Crippen LogP contribution in [-0.4, -0.2) is 58.6 Å². The van der Waals surface area contributed by atoms with E-state index >= 15 is 0 Å². The molecular formula is C16H25Cl2N4O4P. The van der Waals surface area contributed by atoms with Crippen LogP contribution < -0.4 is 10.4 Å². The summed E-state index contributed by atoms with van der Waals surface area (Å²) in [6, 6.07) is 8.38. The van der Waals surface area contributed by atoms with E-state index in [-0.39, 0.29) is 30.8 Å². The predicted molar refractivity (Wildman–Crippen MR) is 105 cm³/mol. The largest absolute Gasteiger partial charge is 0.345 e. The number of hydrogen-bond acceptors (Lipinski definition) is 4. The van der Waals surface area contributed by atoms with Gasteiger partial charge in [0.1, 0.15) is 6.17 Å². The summed E-state index contributed by atoms with van der Waals surface area (Å²) >= 11 is 11.5. The van der Waals surface area contributed by atoms with E-state index in [2.05, 4.69) is 10.4 Å². The maximum absolute atomic E-state index is 13.1. The summed E-state index contributed by atoms with van der Waals surface area (Å²) < 4.78 is 20.0. The number of nitrogens with one attached hydrogen (secondary N) is 2. The maximum atomic E-state index is 13.1. The molecule has 2 amide bonds. The Morgan fingerprint density at radius 1 is 1.37 bits per heavy atom. The molecule has 0 saturated carbocycles. The minimum Gasteiger partial charge on any atom is -0.330 e. The van der Waals surface area contributed by atoms with Crippen molar-refractivity contribution >= 4 is 36.9 Å². The van der Waals surface area contributed by atoms with E-state index in [9.17, 15) is 14.6 Å². The lowest BCUT2D eigenvalue weighted by Crippen LogP contribution is -2.54. The first-order valence-electron chi connectivity index (χ1n) is 8.64. The fraction of sp³-hybridized carbons (Fsp3) is 0.562. The Bertz CT molecular complexity index is 649. The first kappa shape index (κ1) is 22.4. The highest BCUT2D eigenvalue weighted by Crippen LogP contribution is 2.49. The number of nitrogens with zero attached hydrogens (tertiary/aromatic N) is 2. The second-order valence-corrected chi connectivity index (χ2v) is 8.92. The number of carbonyl (C=O) groups is 1. The van der Waals surface area contributed by atoms with Gasteiger partial charge in [-0.1, -0.05) is 30.3 Å². The Labute approximate surface area is 169 Å². The second kappa shape index (κ2) is 10.6. The van der Waals surface area contributed by atoms with E-state index in [1.807, 2.05) is 37.3 Å². The summed E-state index contributed by atoms with van der Waals surface area (Å²) in [6.45, 7) is 2.53. The van der Waals surface area contributed by atoms with Gasteiger partial charge in [-0.15, -0.1) is 23.2 Å². The van der Waals surface area contributed by atoms with E-state index in [0.717, 1.165) is 5.56 Å². The molecule has 8 nitrogen and oxygen atoms in total. The SMILES string of the molecule is CC(NC(=O)N(O)C1CCOP(=O)(N(CCCl)CCCl)N1)c1ccccc1. The zero-order valence-electron chi connectivity index (χ0n) is 15.1. The molecule has 3 N–H and O–H groups in total. The van der Waals surface area contributed by atoms with E-state index < -0.39 is 19.9 Å². The molecule has 3 atom stereocenters. The molecule has 1 aliphatic rings. The van der Waals surface area contributed by atoms with Crippen molar-refractivity contribution in [2.24, 2.45) is 0 Å². The van der Waals surface area contributed by atoms with Gasteiger partial charge in [0.05, 0.1) is 12.6 Å². The maximum Gasteiger partial charge on any atom is 0.345 e. The second-order valence-electron chi connectivity index (χ2n) is 6.05. The molecule has 0 aromatic heterocycles. The summed E-state index contributed by atoms with van der Waals surface area (Å²) in [6.07, 6.45) is -0.579. The van der Waals surface area contributed by atoms with Crippen LogP contribution in [-0.2, 0) is 9.09 Å². The first-order valence-corrected chi connectivity index (χ1v) is 11.3. The highest BCUT2D eigenvalue weighted by atomic mass is 35.5. The number of carbonyl (C=O) groups excluding carboxylic acids is 1. The Kier molecular flexibility index (Phi) is 8.82. The van der Waals surface area contributed by atoms with Gasteiger partial charge in [-0.2, -0.15) is 5.06 Å². The summed E-state index contributed by atoms with van der Waals surface area (Å²) in [5.41, 5.74) is 0.903. The Balaban J connectivity index is 2.01. The van der Waals surface area contributed by atoms with E-state index in [4.69, 9.17) is 27.7 Å². The van der Waals surface area contributed by atoms with Crippen molar-refractivity contribution in [1.29, 1.82) is 0 Å². The van der Waals surface area contributed by atoms with Crippen LogP contribution in [0.3, 0.4) is 0 Å². The summed E-state index contributed by atoms with van der Waals surface area (Å²) in [7, 11) is -3.47. The van der Waals surface area contributed by atoms with E-state index in [1.165, 1.54) is 4.67 Å². The molecule has 1 heterocycles. The number of amides is 2. The third kappa shape index (κ3) is 6.06. The Hall–Kier alpha value is -0.860. The van der Waals surface area contributed by atoms with Crippen molar-refractivity contribution < 1.29 is 19.1 Å². The lowest BCUT2D eigenvalue weighted by molar-refractivity contribution is -0.0930. The molecule has 0 bridgehead atoms. The minimum atomic E-state index is -3.47. The van der Waals surface area contributed by atoms with Gasteiger partial charge in [0.2, 0.25) is 0 Å². The number of benzene rings is 1. The fourth-order valence-corrected chi connectivity index (χ4v) is 5.45. The monoisotopic (exact) mass is 438 g/mol.